The van der Waals surface area contributed by atoms with Gasteiger partial charge in [0.1, 0.15) is 5.69 Å². The molecule has 0 radical (unpaired) electrons. The Morgan fingerprint density at radius 1 is 1.00 bits per heavy atom. The molecular formula is C20H24N4O. The monoisotopic (exact) mass is 336 g/mol. The van der Waals surface area contributed by atoms with E-state index in [1.165, 1.54) is 25.7 Å². The number of rotatable bonds is 2. The maximum atomic E-state index is 12.8. The van der Waals surface area contributed by atoms with E-state index < -0.39 is 0 Å². The molecule has 1 saturated heterocycles. The van der Waals surface area contributed by atoms with E-state index in [4.69, 9.17) is 0 Å². The van der Waals surface area contributed by atoms with Gasteiger partial charge < -0.3 is 4.90 Å². The highest BCUT2D eigenvalue weighted by Crippen LogP contribution is 2.46. The Morgan fingerprint density at radius 2 is 1.80 bits per heavy atom. The van der Waals surface area contributed by atoms with Crippen molar-refractivity contribution in [3.8, 4) is 0 Å². The number of hydrogen-bond donors (Lipinski definition) is 0. The second-order valence-corrected chi connectivity index (χ2v) is 7.81. The van der Waals surface area contributed by atoms with Crippen LogP contribution in [0.2, 0.25) is 0 Å². The van der Waals surface area contributed by atoms with Gasteiger partial charge in [0.2, 0.25) is 0 Å². The van der Waals surface area contributed by atoms with Crippen LogP contribution in [0.4, 0.5) is 0 Å². The highest BCUT2D eigenvalue weighted by molar-refractivity contribution is 5.93. The van der Waals surface area contributed by atoms with E-state index in [-0.39, 0.29) is 5.91 Å². The quantitative estimate of drug-likeness (QED) is 0.846. The van der Waals surface area contributed by atoms with Gasteiger partial charge in [-0.2, -0.15) is 0 Å². The van der Waals surface area contributed by atoms with Crippen LogP contribution in [0.5, 0.6) is 0 Å². The minimum Gasteiger partial charge on any atom is -0.335 e. The van der Waals surface area contributed by atoms with Crippen LogP contribution in [0.25, 0.3) is 11.0 Å². The molecular weight excluding hydrogens is 312 g/mol. The molecule has 5 rings (SSSR count). The predicted octanol–water partition coefficient (Wildman–Crippen LogP) is 2.58. The van der Waals surface area contributed by atoms with Gasteiger partial charge in [-0.1, -0.05) is 18.6 Å². The van der Waals surface area contributed by atoms with Crippen LogP contribution < -0.4 is 0 Å². The maximum Gasteiger partial charge on any atom is 0.274 e. The molecule has 0 unspecified atom stereocenters. The maximum absolute atomic E-state index is 12.8. The molecule has 130 valence electrons. The molecule has 3 aliphatic rings. The molecule has 2 saturated carbocycles. The summed E-state index contributed by atoms with van der Waals surface area (Å²) in [5.74, 6) is 1.91. The molecule has 1 aromatic carbocycles. The Hall–Kier alpha value is -2.01. The van der Waals surface area contributed by atoms with Crippen molar-refractivity contribution in [3.63, 3.8) is 0 Å². The number of fused-ring (bicyclic) bond motifs is 3. The number of nitrogens with zero attached hydrogens (tertiary/aromatic N) is 4. The molecule has 1 amide bonds. The number of aromatic nitrogens is 2. The highest BCUT2D eigenvalue weighted by atomic mass is 16.2. The molecule has 0 spiro atoms. The van der Waals surface area contributed by atoms with Crippen LogP contribution in [0, 0.1) is 11.8 Å². The van der Waals surface area contributed by atoms with Crippen LogP contribution in [0.3, 0.4) is 0 Å². The van der Waals surface area contributed by atoms with Crippen LogP contribution >= 0.6 is 0 Å². The molecule has 5 nitrogen and oxygen atoms in total. The summed E-state index contributed by atoms with van der Waals surface area (Å²) < 4.78 is 0. The summed E-state index contributed by atoms with van der Waals surface area (Å²) in [5, 5.41) is 0. The van der Waals surface area contributed by atoms with Gasteiger partial charge in [-0.05, 0) is 43.2 Å². The lowest BCUT2D eigenvalue weighted by Gasteiger charge is -2.40. The summed E-state index contributed by atoms with van der Waals surface area (Å²) >= 11 is 0. The minimum atomic E-state index is 0.0193. The first kappa shape index (κ1) is 15.3. The Bertz CT molecular complexity index is 799. The minimum absolute atomic E-state index is 0.0193. The summed E-state index contributed by atoms with van der Waals surface area (Å²) in [6, 6.07) is 8.47. The lowest BCUT2D eigenvalue weighted by molar-refractivity contribution is 0.0491. The molecule has 2 aliphatic carbocycles. The lowest BCUT2D eigenvalue weighted by atomic mass is 9.93. The van der Waals surface area contributed by atoms with Crippen molar-refractivity contribution in [2.75, 3.05) is 26.2 Å². The largest absolute Gasteiger partial charge is 0.335 e. The van der Waals surface area contributed by atoms with Crippen molar-refractivity contribution in [2.45, 2.75) is 31.7 Å². The second-order valence-electron chi connectivity index (χ2n) is 7.81. The number of carbonyl (C=O) groups is 1. The van der Waals surface area contributed by atoms with E-state index >= 15 is 0 Å². The Morgan fingerprint density at radius 3 is 2.52 bits per heavy atom. The summed E-state index contributed by atoms with van der Waals surface area (Å²) in [5.41, 5.74) is 2.08. The third-order valence-electron chi connectivity index (χ3n) is 6.44. The van der Waals surface area contributed by atoms with Crippen molar-refractivity contribution in [2.24, 2.45) is 11.8 Å². The van der Waals surface area contributed by atoms with Gasteiger partial charge in [-0.3, -0.25) is 14.7 Å². The summed E-state index contributed by atoms with van der Waals surface area (Å²) in [6.07, 6.45) is 7.31. The van der Waals surface area contributed by atoms with E-state index in [0.717, 1.165) is 55.1 Å². The van der Waals surface area contributed by atoms with Gasteiger partial charge in [-0.15, -0.1) is 0 Å². The lowest BCUT2D eigenvalue weighted by Crippen LogP contribution is -2.53. The summed E-state index contributed by atoms with van der Waals surface area (Å²) in [4.78, 5) is 26.3. The molecule has 3 atom stereocenters. The zero-order chi connectivity index (χ0) is 16.8. The van der Waals surface area contributed by atoms with Crippen LogP contribution in [-0.4, -0.2) is 57.9 Å². The highest BCUT2D eigenvalue weighted by Gasteiger charge is 2.43. The summed E-state index contributed by atoms with van der Waals surface area (Å²) in [7, 11) is 0. The van der Waals surface area contributed by atoms with E-state index in [1.54, 1.807) is 6.20 Å². The number of hydrogen-bond acceptors (Lipinski definition) is 4. The Balaban J connectivity index is 1.26. The molecule has 2 aromatic rings. The van der Waals surface area contributed by atoms with Gasteiger partial charge in [0.05, 0.1) is 17.2 Å². The van der Waals surface area contributed by atoms with Crippen molar-refractivity contribution < 1.29 is 4.79 Å². The van der Waals surface area contributed by atoms with Gasteiger partial charge in [0.15, 0.2) is 0 Å². The number of carbonyl (C=O) groups excluding carboxylic acids is 1. The SMILES string of the molecule is O=C(c1cnc2ccccc2n1)N1CCN([C@@H]2C[C@H]3CC[C@@H]2C3)CC1. The average Bonchev–Trinajstić information content (AvgIpc) is 3.31. The van der Waals surface area contributed by atoms with Crippen molar-refractivity contribution in [3.05, 3.63) is 36.2 Å². The molecule has 0 N–H and O–H groups in total. The number of para-hydroxylation sites is 2. The number of amides is 1. The van der Waals surface area contributed by atoms with Gasteiger partial charge in [0.25, 0.3) is 5.91 Å². The number of piperazine rings is 1. The predicted molar refractivity (Wildman–Crippen MR) is 96.3 cm³/mol. The van der Waals surface area contributed by atoms with Crippen molar-refractivity contribution >= 4 is 16.9 Å². The normalized spacial score (nSPS) is 29.4. The fourth-order valence-corrected chi connectivity index (χ4v) is 5.14. The van der Waals surface area contributed by atoms with E-state index in [0.29, 0.717) is 5.69 Å². The van der Waals surface area contributed by atoms with Gasteiger partial charge >= 0.3 is 0 Å². The zero-order valence-corrected chi connectivity index (χ0v) is 14.5. The Kier molecular flexibility index (Phi) is 3.70. The fraction of sp³-hybridized carbons (Fsp3) is 0.550. The fourth-order valence-electron chi connectivity index (χ4n) is 5.14. The second kappa shape index (κ2) is 6.06. The van der Waals surface area contributed by atoms with Gasteiger partial charge in [0, 0.05) is 32.2 Å². The van der Waals surface area contributed by atoms with E-state index in [9.17, 15) is 4.79 Å². The summed E-state index contributed by atoms with van der Waals surface area (Å²) in [6.45, 7) is 3.61. The zero-order valence-electron chi connectivity index (χ0n) is 14.5. The van der Waals surface area contributed by atoms with Crippen molar-refractivity contribution in [1.82, 2.24) is 19.8 Å². The third kappa shape index (κ3) is 2.71. The van der Waals surface area contributed by atoms with Crippen LogP contribution in [0.15, 0.2) is 30.5 Å². The number of benzene rings is 1. The first-order chi connectivity index (χ1) is 12.3. The average molecular weight is 336 g/mol. The Labute approximate surface area is 148 Å². The van der Waals surface area contributed by atoms with Gasteiger partial charge in [-0.25, -0.2) is 4.98 Å². The third-order valence-corrected chi connectivity index (χ3v) is 6.44. The standard InChI is InChI=1S/C20H24N4O/c25-20(18-13-21-16-3-1-2-4-17(16)22-18)24-9-7-23(8-10-24)19-12-14-5-6-15(19)11-14/h1-4,13-15,19H,5-12H2/t14-,15+,19+/m0/s1. The molecule has 25 heavy (non-hydrogen) atoms. The molecule has 1 aromatic heterocycles. The van der Waals surface area contributed by atoms with Crippen LogP contribution in [0.1, 0.15) is 36.2 Å². The van der Waals surface area contributed by atoms with E-state index in [1.807, 2.05) is 29.2 Å². The van der Waals surface area contributed by atoms with Crippen molar-refractivity contribution in [1.29, 1.82) is 0 Å². The topological polar surface area (TPSA) is 49.3 Å². The van der Waals surface area contributed by atoms with Crippen LogP contribution in [-0.2, 0) is 0 Å². The van der Waals surface area contributed by atoms with E-state index in [2.05, 4.69) is 14.9 Å². The molecule has 3 fully saturated rings. The first-order valence-electron chi connectivity index (χ1n) is 9.53. The molecule has 2 bridgehead atoms. The smallest absolute Gasteiger partial charge is 0.274 e. The molecule has 1 aliphatic heterocycles. The molecule has 2 heterocycles. The first-order valence-corrected chi connectivity index (χ1v) is 9.53. The molecule has 5 heteroatoms.